The second kappa shape index (κ2) is 7.20. The van der Waals surface area contributed by atoms with Crippen LogP contribution < -0.4 is 11.1 Å². The number of likely N-dealkylation sites (tertiary alicyclic amines) is 1. The molecular weight excluding hydrogens is 371 g/mol. The molecule has 2 aliphatic rings. The Morgan fingerprint density at radius 2 is 1.82 bits per heavy atom. The van der Waals surface area contributed by atoms with Gasteiger partial charge in [-0.1, -0.05) is 18.2 Å². The van der Waals surface area contributed by atoms with Crippen LogP contribution in [-0.4, -0.2) is 52.4 Å². The third-order valence-corrected chi connectivity index (χ3v) is 5.88. The number of nitrogens with zero attached hydrogens (tertiary/aromatic N) is 3. The largest absolute Gasteiger partial charge is 0.396 e. The zero-order chi connectivity index (χ0) is 19.9. The average molecular weight is 393 g/mol. The molecule has 0 unspecified atom stereocenters. The van der Waals surface area contributed by atoms with E-state index in [4.69, 9.17) is 5.73 Å². The number of anilines is 1. The van der Waals surface area contributed by atoms with Gasteiger partial charge in [0.15, 0.2) is 5.69 Å². The highest BCUT2D eigenvalue weighted by atomic mass is 19.4. The molecule has 0 bridgehead atoms. The first-order valence-corrected chi connectivity index (χ1v) is 9.45. The minimum atomic E-state index is -4.09. The van der Waals surface area contributed by atoms with E-state index >= 15 is 0 Å². The minimum absolute atomic E-state index is 0.0227. The number of benzene rings is 1. The summed E-state index contributed by atoms with van der Waals surface area (Å²) in [6, 6.07) is 7.41. The average Bonchev–Trinajstić information content (AvgIpc) is 2.64. The summed E-state index contributed by atoms with van der Waals surface area (Å²) < 4.78 is 38.3. The Morgan fingerprint density at radius 3 is 2.50 bits per heavy atom. The first-order valence-electron chi connectivity index (χ1n) is 9.45. The summed E-state index contributed by atoms with van der Waals surface area (Å²) >= 11 is 0. The fourth-order valence-electron chi connectivity index (χ4n) is 4.09. The molecule has 6 nitrogen and oxygen atoms in total. The summed E-state index contributed by atoms with van der Waals surface area (Å²) in [4.78, 5) is 14.6. The lowest BCUT2D eigenvalue weighted by molar-refractivity contribution is -0.187. The second-order valence-electron chi connectivity index (χ2n) is 7.63. The number of piperidine rings is 1. The van der Waals surface area contributed by atoms with Gasteiger partial charge in [-0.25, -0.2) is 0 Å². The minimum Gasteiger partial charge on any atom is -0.396 e. The predicted molar refractivity (Wildman–Crippen MR) is 98.6 cm³/mol. The lowest BCUT2D eigenvalue weighted by Gasteiger charge is -2.46. The van der Waals surface area contributed by atoms with Gasteiger partial charge in [-0.2, -0.15) is 13.2 Å². The van der Waals surface area contributed by atoms with Gasteiger partial charge in [-0.05, 0) is 44.8 Å². The van der Waals surface area contributed by atoms with Crippen molar-refractivity contribution in [1.82, 2.24) is 20.4 Å². The third-order valence-electron chi connectivity index (χ3n) is 5.88. The number of fused-ring (bicyclic) bond motifs is 1. The number of carbonyl (C=O) groups excluding carboxylic acids is 1. The summed E-state index contributed by atoms with van der Waals surface area (Å²) in [5.74, 6) is -1.55. The van der Waals surface area contributed by atoms with Crippen molar-refractivity contribution in [3.8, 4) is 0 Å². The van der Waals surface area contributed by atoms with Crippen LogP contribution in [-0.2, 0) is 0 Å². The summed E-state index contributed by atoms with van der Waals surface area (Å²) in [5.41, 5.74) is 7.12. The van der Waals surface area contributed by atoms with Crippen molar-refractivity contribution in [2.75, 3.05) is 18.8 Å². The number of alkyl halides is 3. The normalized spacial score (nSPS) is 24.1. The maximum atomic E-state index is 12.8. The van der Waals surface area contributed by atoms with Gasteiger partial charge in [0.25, 0.3) is 5.91 Å². The Hall–Kier alpha value is -2.42. The van der Waals surface area contributed by atoms with Crippen LogP contribution in [0.25, 0.3) is 10.9 Å². The molecule has 1 aliphatic carbocycles. The molecule has 1 aromatic heterocycles. The number of nitrogens with two attached hydrogens (primary N) is 1. The van der Waals surface area contributed by atoms with Crippen molar-refractivity contribution in [2.24, 2.45) is 5.92 Å². The highest BCUT2D eigenvalue weighted by Gasteiger charge is 2.43. The molecule has 1 aliphatic heterocycles. The molecule has 1 amide bonds. The zero-order valence-electron chi connectivity index (χ0n) is 15.2. The van der Waals surface area contributed by atoms with Crippen LogP contribution in [0, 0.1) is 5.92 Å². The molecule has 0 spiro atoms. The fraction of sp³-hybridized carbons (Fsp3) is 0.526. The van der Waals surface area contributed by atoms with Crippen molar-refractivity contribution in [3.63, 3.8) is 0 Å². The first kappa shape index (κ1) is 18.9. The highest BCUT2D eigenvalue weighted by molar-refractivity contribution is 6.04. The maximum absolute atomic E-state index is 12.8. The Balaban J connectivity index is 1.31. The van der Waals surface area contributed by atoms with Crippen LogP contribution in [0.15, 0.2) is 24.3 Å². The summed E-state index contributed by atoms with van der Waals surface area (Å²) in [5, 5.41) is 11.6. The number of halogens is 3. The van der Waals surface area contributed by atoms with Gasteiger partial charge in [0, 0.05) is 17.5 Å². The summed E-state index contributed by atoms with van der Waals surface area (Å²) in [6.45, 7) is 0.914. The molecule has 150 valence electrons. The van der Waals surface area contributed by atoms with Crippen LogP contribution in [0.1, 0.15) is 36.2 Å². The molecule has 9 heteroatoms. The highest BCUT2D eigenvalue weighted by Crippen LogP contribution is 2.37. The molecule has 2 aromatic rings. The summed E-state index contributed by atoms with van der Waals surface area (Å²) in [6.07, 6.45) is -2.34. The van der Waals surface area contributed by atoms with E-state index in [1.807, 2.05) is 12.1 Å². The number of hydrogen-bond acceptors (Lipinski definition) is 5. The zero-order valence-corrected chi connectivity index (χ0v) is 15.2. The number of carbonyl (C=O) groups is 1. The Morgan fingerprint density at radius 1 is 1.14 bits per heavy atom. The van der Waals surface area contributed by atoms with E-state index in [9.17, 15) is 18.0 Å². The molecule has 2 heterocycles. The summed E-state index contributed by atoms with van der Waals surface area (Å²) in [7, 11) is 0. The quantitative estimate of drug-likeness (QED) is 0.838. The van der Waals surface area contributed by atoms with Gasteiger partial charge in [0.2, 0.25) is 0 Å². The van der Waals surface area contributed by atoms with Crippen LogP contribution in [0.2, 0.25) is 0 Å². The van der Waals surface area contributed by atoms with Crippen LogP contribution in [0.5, 0.6) is 0 Å². The van der Waals surface area contributed by atoms with E-state index in [1.54, 1.807) is 12.1 Å². The molecule has 1 saturated heterocycles. The fourth-order valence-corrected chi connectivity index (χ4v) is 4.09. The van der Waals surface area contributed by atoms with Crippen molar-refractivity contribution in [1.29, 1.82) is 0 Å². The van der Waals surface area contributed by atoms with Crippen molar-refractivity contribution in [2.45, 2.75) is 43.9 Å². The van der Waals surface area contributed by atoms with Gasteiger partial charge in [-0.15, -0.1) is 10.2 Å². The maximum Gasteiger partial charge on any atom is 0.391 e. The van der Waals surface area contributed by atoms with E-state index in [2.05, 4.69) is 20.4 Å². The standard InChI is InChI=1S/C19H22F3N5O/c20-19(21,22)11-5-7-27(8-6-11)13-9-12(10-13)24-18(28)17-16(23)14-3-1-2-4-15(14)25-26-17/h1-4,11-13H,5-10H2,(H2,23,25)(H,24,28). The van der Waals surface area contributed by atoms with Crippen molar-refractivity contribution < 1.29 is 18.0 Å². The lowest BCUT2D eigenvalue weighted by Crippen LogP contribution is -2.56. The van der Waals surface area contributed by atoms with Gasteiger partial charge >= 0.3 is 6.18 Å². The molecule has 28 heavy (non-hydrogen) atoms. The Labute approximate surface area is 160 Å². The molecular formula is C19H22F3N5O. The Kier molecular flexibility index (Phi) is 4.86. The predicted octanol–water partition coefficient (Wildman–Crippen LogP) is 2.75. The van der Waals surface area contributed by atoms with E-state index in [1.165, 1.54) is 0 Å². The molecule has 3 N–H and O–H groups in total. The monoisotopic (exact) mass is 393 g/mol. The van der Waals surface area contributed by atoms with E-state index in [-0.39, 0.29) is 36.5 Å². The van der Waals surface area contributed by atoms with Gasteiger partial charge < -0.3 is 16.0 Å². The van der Waals surface area contributed by atoms with Gasteiger partial charge in [0.05, 0.1) is 17.1 Å². The number of hydrogen-bond donors (Lipinski definition) is 2. The van der Waals surface area contributed by atoms with Crippen molar-refractivity contribution >= 4 is 22.5 Å². The van der Waals surface area contributed by atoms with Crippen molar-refractivity contribution in [3.05, 3.63) is 30.0 Å². The smallest absolute Gasteiger partial charge is 0.391 e. The first-order chi connectivity index (χ1) is 13.3. The molecule has 0 atom stereocenters. The third kappa shape index (κ3) is 3.63. The molecule has 2 fully saturated rings. The number of nitrogens with one attached hydrogen (secondary N) is 1. The van der Waals surface area contributed by atoms with Gasteiger partial charge in [0.1, 0.15) is 0 Å². The lowest BCUT2D eigenvalue weighted by atomic mass is 9.83. The number of nitrogen functional groups attached to an aromatic ring is 1. The van der Waals surface area contributed by atoms with Crippen LogP contribution >= 0.6 is 0 Å². The van der Waals surface area contributed by atoms with Crippen LogP contribution in [0.4, 0.5) is 18.9 Å². The van der Waals surface area contributed by atoms with E-state index in [0.717, 1.165) is 12.8 Å². The SMILES string of the molecule is Nc1c(C(=O)NC2CC(N3CCC(C(F)(F)F)CC3)C2)nnc2ccccc12. The number of rotatable bonds is 3. The Bertz CT molecular complexity index is 873. The topological polar surface area (TPSA) is 84.1 Å². The number of amides is 1. The molecule has 1 saturated carbocycles. The molecule has 4 rings (SSSR count). The van der Waals surface area contributed by atoms with E-state index in [0.29, 0.717) is 29.7 Å². The van der Waals surface area contributed by atoms with Crippen LogP contribution in [0.3, 0.4) is 0 Å². The molecule has 0 radical (unpaired) electrons. The molecule has 1 aromatic carbocycles. The van der Waals surface area contributed by atoms with Gasteiger partial charge in [-0.3, -0.25) is 4.79 Å². The second-order valence-corrected chi connectivity index (χ2v) is 7.63. The number of aromatic nitrogens is 2. The van der Waals surface area contributed by atoms with E-state index < -0.39 is 12.1 Å².